The Hall–Kier alpha value is -0.830. The summed E-state index contributed by atoms with van der Waals surface area (Å²) in [5.74, 6) is -0.00810. The Kier molecular flexibility index (Phi) is 2.24. The van der Waals surface area contributed by atoms with E-state index in [2.05, 4.69) is 5.32 Å². The van der Waals surface area contributed by atoms with E-state index in [1.807, 2.05) is 20.8 Å². The average molecular weight is 168 g/mol. The minimum atomic E-state index is -0.111. The van der Waals surface area contributed by atoms with Gasteiger partial charge in [0, 0.05) is 17.7 Å². The maximum atomic E-state index is 11.4. The van der Waals surface area contributed by atoms with E-state index in [9.17, 15) is 4.79 Å². The number of nitrogens with one attached hydrogen (secondary N) is 1. The summed E-state index contributed by atoms with van der Waals surface area (Å²) in [5, 5.41) is 2.91. The molecule has 0 aromatic rings. The second kappa shape index (κ2) is 2.90. The lowest BCUT2D eigenvalue weighted by Gasteiger charge is -2.32. The summed E-state index contributed by atoms with van der Waals surface area (Å²) in [4.78, 5) is 11.4. The van der Waals surface area contributed by atoms with Crippen LogP contribution in [-0.4, -0.2) is 18.0 Å². The van der Waals surface area contributed by atoms with Gasteiger partial charge in [0.05, 0.1) is 0 Å². The molecule has 1 amide bonds. The highest BCUT2D eigenvalue weighted by Gasteiger charge is 2.28. The maximum absolute atomic E-state index is 11.4. The minimum absolute atomic E-state index is 0.00810. The highest BCUT2D eigenvalue weighted by molar-refractivity contribution is 5.96. The third-order valence-electron chi connectivity index (χ3n) is 2.15. The van der Waals surface area contributed by atoms with Crippen LogP contribution in [0.4, 0.5) is 0 Å². The minimum Gasteiger partial charge on any atom is -0.347 e. The van der Waals surface area contributed by atoms with E-state index >= 15 is 0 Å². The van der Waals surface area contributed by atoms with E-state index in [-0.39, 0.29) is 11.4 Å². The Morgan fingerprint density at radius 3 is 2.58 bits per heavy atom. The van der Waals surface area contributed by atoms with Crippen molar-refractivity contribution in [3.05, 3.63) is 11.1 Å². The molecule has 0 aromatic heterocycles. The first-order chi connectivity index (χ1) is 5.46. The fraction of sp³-hybridized carbons (Fsp3) is 0.667. The smallest absolute Gasteiger partial charge is 0.248 e. The molecule has 0 radical (unpaired) electrons. The van der Waals surface area contributed by atoms with Crippen LogP contribution in [-0.2, 0) is 4.79 Å². The molecule has 1 aliphatic rings. The van der Waals surface area contributed by atoms with Gasteiger partial charge in [0.15, 0.2) is 0 Å². The van der Waals surface area contributed by atoms with Crippen molar-refractivity contribution in [1.82, 2.24) is 5.32 Å². The van der Waals surface area contributed by atoms with Crippen LogP contribution in [0.2, 0.25) is 0 Å². The van der Waals surface area contributed by atoms with Gasteiger partial charge in [-0.25, -0.2) is 0 Å². The van der Waals surface area contributed by atoms with E-state index in [4.69, 9.17) is 5.73 Å². The molecule has 3 N–H and O–H groups in total. The molecule has 0 spiro atoms. The Bertz CT molecular complexity index is 241. The first-order valence-corrected chi connectivity index (χ1v) is 4.17. The van der Waals surface area contributed by atoms with Crippen molar-refractivity contribution in [2.75, 3.05) is 6.54 Å². The van der Waals surface area contributed by atoms with Gasteiger partial charge in [0.2, 0.25) is 5.91 Å². The normalized spacial score (nSPS) is 22.5. The van der Waals surface area contributed by atoms with E-state index < -0.39 is 0 Å². The molecule has 1 rings (SSSR count). The van der Waals surface area contributed by atoms with Crippen LogP contribution in [0.3, 0.4) is 0 Å². The van der Waals surface area contributed by atoms with Gasteiger partial charge in [0.25, 0.3) is 0 Å². The second-order valence-electron chi connectivity index (χ2n) is 3.98. The fourth-order valence-electron chi connectivity index (χ4n) is 1.66. The number of nitrogens with two attached hydrogens (primary N) is 1. The van der Waals surface area contributed by atoms with Gasteiger partial charge in [0.1, 0.15) is 0 Å². The summed E-state index contributed by atoms with van der Waals surface area (Å²) in [6, 6.07) is 0. The quantitative estimate of drug-likeness (QED) is 0.601. The van der Waals surface area contributed by atoms with Gasteiger partial charge >= 0.3 is 0 Å². The van der Waals surface area contributed by atoms with Gasteiger partial charge in [-0.3, -0.25) is 4.79 Å². The van der Waals surface area contributed by atoms with E-state index in [0.29, 0.717) is 6.54 Å². The standard InChI is InChI=1S/C9H16N2O/c1-6-4-9(2,3)11-8(12)7(6)5-10/h4-5,10H2,1-3H3,(H,11,12). The van der Waals surface area contributed by atoms with Crippen molar-refractivity contribution in [3.63, 3.8) is 0 Å². The van der Waals surface area contributed by atoms with Crippen molar-refractivity contribution < 1.29 is 4.79 Å². The number of hydrogen-bond acceptors (Lipinski definition) is 2. The van der Waals surface area contributed by atoms with Crippen molar-refractivity contribution in [1.29, 1.82) is 0 Å². The van der Waals surface area contributed by atoms with Crippen LogP contribution < -0.4 is 11.1 Å². The molecule has 12 heavy (non-hydrogen) atoms. The third-order valence-corrected chi connectivity index (χ3v) is 2.15. The summed E-state index contributed by atoms with van der Waals surface area (Å²) in [5.41, 5.74) is 7.20. The largest absolute Gasteiger partial charge is 0.347 e. The first-order valence-electron chi connectivity index (χ1n) is 4.17. The summed E-state index contributed by atoms with van der Waals surface area (Å²) in [6.07, 6.45) is 0.894. The van der Waals surface area contributed by atoms with Crippen LogP contribution >= 0.6 is 0 Å². The molecule has 0 saturated heterocycles. The van der Waals surface area contributed by atoms with Crippen LogP contribution in [0.1, 0.15) is 27.2 Å². The topological polar surface area (TPSA) is 55.1 Å². The number of carbonyl (C=O) groups is 1. The molecule has 0 atom stereocenters. The zero-order valence-electron chi connectivity index (χ0n) is 7.90. The maximum Gasteiger partial charge on any atom is 0.248 e. The van der Waals surface area contributed by atoms with Crippen molar-refractivity contribution in [2.45, 2.75) is 32.7 Å². The molecule has 0 unspecified atom stereocenters. The average Bonchev–Trinajstić information content (AvgIpc) is 1.82. The first kappa shape index (κ1) is 9.26. The monoisotopic (exact) mass is 168 g/mol. The third kappa shape index (κ3) is 1.67. The zero-order valence-corrected chi connectivity index (χ0v) is 7.90. The molecule has 3 heteroatoms. The van der Waals surface area contributed by atoms with Gasteiger partial charge in [-0.15, -0.1) is 0 Å². The van der Waals surface area contributed by atoms with Crippen molar-refractivity contribution in [3.8, 4) is 0 Å². The zero-order chi connectivity index (χ0) is 9.35. The lowest BCUT2D eigenvalue weighted by Crippen LogP contribution is -2.48. The summed E-state index contributed by atoms with van der Waals surface area (Å²) in [7, 11) is 0. The van der Waals surface area contributed by atoms with E-state index in [0.717, 1.165) is 17.6 Å². The van der Waals surface area contributed by atoms with Crippen molar-refractivity contribution >= 4 is 5.91 Å². The van der Waals surface area contributed by atoms with Gasteiger partial charge in [-0.05, 0) is 27.2 Å². The Balaban J connectivity index is 2.95. The summed E-state index contributed by atoms with van der Waals surface area (Å²) in [6.45, 7) is 6.35. The van der Waals surface area contributed by atoms with Crippen LogP contribution in [0, 0.1) is 0 Å². The van der Waals surface area contributed by atoms with Crippen LogP contribution in [0.5, 0.6) is 0 Å². The van der Waals surface area contributed by atoms with Gasteiger partial charge in [-0.1, -0.05) is 5.57 Å². The van der Waals surface area contributed by atoms with Gasteiger partial charge in [-0.2, -0.15) is 0 Å². The molecule has 1 heterocycles. The van der Waals surface area contributed by atoms with Gasteiger partial charge < -0.3 is 11.1 Å². The number of carbonyl (C=O) groups excluding carboxylic acids is 1. The fourth-order valence-corrected chi connectivity index (χ4v) is 1.66. The Morgan fingerprint density at radius 1 is 1.58 bits per heavy atom. The predicted octanol–water partition coefficient (Wildman–Crippen LogP) is 0.560. The number of amides is 1. The van der Waals surface area contributed by atoms with Crippen LogP contribution in [0.15, 0.2) is 11.1 Å². The van der Waals surface area contributed by atoms with E-state index in [1.54, 1.807) is 0 Å². The summed E-state index contributed by atoms with van der Waals surface area (Å²) >= 11 is 0. The molecule has 68 valence electrons. The molecular weight excluding hydrogens is 152 g/mol. The van der Waals surface area contributed by atoms with E-state index in [1.165, 1.54) is 0 Å². The highest BCUT2D eigenvalue weighted by Crippen LogP contribution is 2.23. The second-order valence-corrected chi connectivity index (χ2v) is 3.98. The number of hydrogen-bond donors (Lipinski definition) is 2. The molecule has 3 nitrogen and oxygen atoms in total. The number of rotatable bonds is 1. The SMILES string of the molecule is CC1=C(CN)C(=O)NC(C)(C)C1. The Morgan fingerprint density at radius 2 is 2.17 bits per heavy atom. The molecule has 0 bridgehead atoms. The molecule has 1 aliphatic heterocycles. The molecule has 0 fully saturated rings. The lowest BCUT2D eigenvalue weighted by atomic mass is 9.88. The summed E-state index contributed by atoms with van der Waals surface area (Å²) < 4.78 is 0. The molecule has 0 aliphatic carbocycles. The lowest BCUT2D eigenvalue weighted by molar-refractivity contribution is -0.119. The predicted molar refractivity (Wildman–Crippen MR) is 48.6 cm³/mol. The molecule has 0 aromatic carbocycles. The van der Waals surface area contributed by atoms with Crippen molar-refractivity contribution in [2.24, 2.45) is 5.73 Å². The van der Waals surface area contributed by atoms with Crippen LogP contribution in [0.25, 0.3) is 0 Å². The molecule has 0 saturated carbocycles. The Labute approximate surface area is 73.0 Å². The highest BCUT2D eigenvalue weighted by atomic mass is 16.1. The molecular formula is C9H16N2O.